The van der Waals surface area contributed by atoms with E-state index < -0.39 is 5.82 Å². The maximum atomic E-state index is 13.7. The average molecular weight is 293 g/mol. The number of nitrogens with zero attached hydrogens (tertiary/aromatic N) is 1. The van der Waals surface area contributed by atoms with E-state index >= 15 is 0 Å². The number of nitrogens with one attached hydrogen (secondary N) is 1. The summed E-state index contributed by atoms with van der Waals surface area (Å²) in [5, 5.41) is 3.22. The molecule has 2 rings (SSSR count). The predicted molar refractivity (Wildman–Crippen MR) is 72.0 cm³/mol. The number of carbonyl (C=O) groups excluding carboxylic acids is 1. The Hall–Kier alpha value is -0.840. The first-order valence-corrected chi connectivity index (χ1v) is 5.94. The van der Waals surface area contributed by atoms with Gasteiger partial charge >= 0.3 is 0 Å². The maximum absolute atomic E-state index is 13.7. The van der Waals surface area contributed by atoms with Crippen molar-refractivity contribution in [1.82, 2.24) is 10.2 Å². The van der Waals surface area contributed by atoms with E-state index in [0.717, 1.165) is 6.54 Å². The van der Waals surface area contributed by atoms with Gasteiger partial charge < -0.3 is 10.2 Å². The molecule has 0 saturated carbocycles. The minimum absolute atomic E-state index is 0. The quantitative estimate of drug-likeness (QED) is 0.862. The molecule has 0 unspecified atom stereocenters. The Bertz CT molecular complexity index is 442. The van der Waals surface area contributed by atoms with Crippen molar-refractivity contribution in [3.63, 3.8) is 0 Å². The minimum Gasteiger partial charge on any atom is -0.336 e. The number of amides is 1. The van der Waals surface area contributed by atoms with E-state index in [1.54, 1.807) is 11.0 Å². The summed E-state index contributed by atoms with van der Waals surface area (Å²) >= 11 is 5.67. The standard InChI is InChI=1S/C12H14ClFN2O.ClH/c1-8-7-16(6-5-15-8)12(17)9-3-2-4-10(13)11(9)14;/h2-4,8,15H,5-7H2,1H3;1H/t8-;/m0./s1. The Labute approximate surface area is 117 Å². The summed E-state index contributed by atoms with van der Waals surface area (Å²) < 4.78 is 13.7. The largest absolute Gasteiger partial charge is 0.336 e. The lowest BCUT2D eigenvalue weighted by atomic mass is 10.1. The third-order valence-corrected chi connectivity index (χ3v) is 3.13. The van der Waals surface area contributed by atoms with Crippen LogP contribution in [0.1, 0.15) is 17.3 Å². The lowest BCUT2D eigenvalue weighted by molar-refractivity contribution is 0.0704. The summed E-state index contributed by atoms with van der Waals surface area (Å²) in [6, 6.07) is 4.73. The zero-order chi connectivity index (χ0) is 12.4. The fourth-order valence-electron chi connectivity index (χ4n) is 1.96. The molecule has 0 bridgehead atoms. The normalized spacial score (nSPS) is 19.3. The van der Waals surface area contributed by atoms with Crippen molar-refractivity contribution >= 4 is 29.9 Å². The van der Waals surface area contributed by atoms with E-state index in [2.05, 4.69) is 5.32 Å². The fraction of sp³-hybridized carbons (Fsp3) is 0.417. The smallest absolute Gasteiger partial charge is 0.256 e. The van der Waals surface area contributed by atoms with Crippen molar-refractivity contribution in [1.29, 1.82) is 0 Å². The van der Waals surface area contributed by atoms with Crippen LogP contribution in [0.15, 0.2) is 18.2 Å². The van der Waals surface area contributed by atoms with Crippen LogP contribution in [0.4, 0.5) is 4.39 Å². The van der Waals surface area contributed by atoms with E-state index in [-0.39, 0.29) is 34.9 Å². The molecule has 3 nitrogen and oxygen atoms in total. The second kappa shape index (κ2) is 6.36. The zero-order valence-electron chi connectivity index (χ0n) is 9.95. The van der Waals surface area contributed by atoms with Gasteiger partial charge in [-0.1, -0.05) is 17.7 Å². The predicted octanol–water partition coefficient (Wildman–Crippen LogP) is 2.33. The van der Waals surface area contributed by atoms with Crippen molar-refractivity contribution in [2.75, 3.05) is 19.6 Å². The fourth-order valence-corrected chi connectivity index (χ4v) is 2.13. The van der Waals surface area contributed by atoms with Gasteiger partial charge in [0, 0.05) is 25.7 Å². The summed E-state index contributed by atoms with van der Waals surface area (Å²) in [7, 11) is 0. The molecule has 1 heterocycles. The van der Waals surface area contributed by atoms with Gasteiger partial charge in [-0.05, 0) is 19.1 Å². The highest BCUT2D eigenvalue weighted by atomic mass is 35.5. The lowest BCUT2D eigenvalue weighted by Crippen LogP contribution is -2.51. The lowest BCUT2D eigenvalue weighted by Gasteiger charge is -2.32. The first-order valence-electron chi connectivity index (χ1n) is 5.56. The molecular weight excluding hydrogens is 278 g/mol. The van der Waals surface area contributed by atoms with Crippen LogP contribution >= 0.6 is 24.0 Å². The van der Waals surface area contributed by atoms with Gasteiger partial charge in [0.25, 0.3) is 5.91 Å². The van der Waals surface area contributed by atoms with Gasteiger partial charge in [0.15, 0.2) is 5.82 Å². The van der Waals surface area contributed by atoms with Crippen LogP contribution in [-0.4, -0.2) is 36.5 Å². The van der Waals surface area contributed by atoms with Crippen molar-refractivity contribution in [2.24, 2.45) is 0 Å². The number of carbonyl (C=O) groups is 1. The topological polar surface area (TPSA) is 32.3 Å². The molecule has 6 heteroatoms. The number of benzene rings is 1. The number of hydrogen-bond donors (Lipinski definition) is 1. The Morgan fingerprint density at radius 2 is 2.28 bits per heavy atom. The molecule has 1 aliphatic rings. The molecule has 1 aliphatic heterocycles. The molecule has 1 fully saturated rings. The van der Waals surface area contributed by atoms with Crippen molar-refractivity contribution < 1.29 is 9.18 Å². The van der Waals surface area contributed by atoms with Crippen LogP contribution < -0.4 is 5.32 Å². The summed E-state index contributed by atoms with van der Waals surface area (Å²) in [5.74, 6) is -0.927. The van der Waals surface area contributed by atoms with Crippen LogP contribution in [0, 0.1) is 5.82 Å². The minimum atomic E-state index is -0.634. The molecule has 0 spiro atoms. The second-order valence-corrected chi connectivity index (χ2v) is 4.61. The van der Waals surface area contributed by atoms with E-state index in [1.165, 1.54) is 12.1 Å². The van der Waals surface area contributed by atoms with Crippen LogP contribution in [0.5, 0.6) is 0 Å². The third-order valence-electron chi connectivity index (χ3n) is 2.84. The molecule has 100 valence electrons. The molecule has 1 saturated heterocycles. The molecular formula is C12H15Cl2FN2O. The number of rotatable bonds is 1. The Balaban J connectivity index is 0.00000162. The first kappa shape index (κ1) is 15.2. The van der Waals surface area contributed by atoms with Crippen molar-refractivity contribution in [3.05, 3.63) is 34.6 Å². The molecule has 1 aromatic rings. The van der Waals surface area contributed by atoms with E-state index in [9.17, 15) is 9.18 Å². The van der Waals surface area contributed by atoms with Gasteiger partial charge in [-0.15, -0.1) is 12.4 Å². The molecule has 1 atom stereocenters. The second-order valence-electron chi connectivity index (χ2n) is 4.21. The van der Waals surface area contributed by atoms with E-state index in [1.807, 2.05) is 6.92 Å². The molecule has 1 amide bonds. The summed E-state index contributed by atoms with van der Waals surface area (Å²) in [5.41, 5.74) is 0.0478. The van der Waals surface area contributed by atoms with Gasteiger partial charge in [-0.25, -0.2) is 4.39 Å². The number of hydrogen-bond acceptors (Lipinski definition) is 2. The van der Waals surface area contributed by atoms with Gasteiger partial charge in [-0.3, -0.25) is 4.79 Å². The Morgan fingerprint density at radius 1 is 1.56 bits per heavy atom. The number of halogens is 3. The Morgan fingerprint density at radius 3 is 2.94 bits per heavy atom. The van der Waals surface area contributed by atoms with Gasteiger partial charge in [-0.2, -0.15) is 0 Å². The van der Waals surface area contributed by atoms with Gasteiger partial charge in [0.2, 0.25) is 0 Å². The highest BCUT2D eigenvalue weighted by molar-refractivity contribution is 6.31. The molecule has 0 aliphatic carbocycles. The monoisotopic (exact) mass is 292 g/mol. The van der Waals surface area contributed by atoms with Crippen LogP contribution in [-0.2, 0) is 0 Å². The van der Waals surface area contributed by atoms with E-state index in [4.69, 9.17) is 11.6 Å². The molecule has 1 aromatic carbocycles. The van der Waals surface area contributed by atoms with Crippen molar-refractivity contribution in [3.8, 4) is 0 Å². The third kappa shape index (κ3) is 3.13. The molecule has 18 heavy (non-hydrogen) atoms. The molecule has 1 N–H and O–H groups in total. The first-order chi connectivity index (χ1) is 8.09. The highest BCUT2D eigenvalue weighted by Gasteiger charge is 2.24. The van der Waals surface area contributed by atoms with Crippen LogP contribution in [0.25, 0.3) is 0 Å². The Kier molecular flexibility index (Phi) is 5.38. The molecule has 0 radical (unpaired) electrons. The highest BCUT2D eigenvalue weighted by Crippen LogP contribution is 2.19. The van der Waals surface area contributed by atoms with Crippen molar-refractivity contribution in [2.45, 2.75) is 13.0 Å². The van der Waals surface area contributed by atoms with Crippen LogP contribution in [0.3, 0.4) is 0 Å². The summed E-state index contributed by atoms with van der Waals surface area (Å²) in [6.07, 6.45) is 0. The summed E-state index contributed by atoms with van der Waals surface area (Å²) in [4.78, 5) is 13.8. The van der Waals surface area contributed by atoms with Crippen LogP contribution in [0.2, 0.25) is 5.02 Å². The maximum Gasteiger partial charge on any atom is 0.256 e. The van der Waals surface area contributed by atoms with E-state index in [0.29, 0.717) is 13.1 Å². The summed E-state index contributed by atoms with van der Waals surface area (Å²) in [6.45, 7) is 3.91. The van der Waals surface area contributed by atoms with Gasteiger partial charge in [0.05, 0.1) is 10.6 Å². The SMILES string of the molecule is C[C@H]1CN(C(=O)c2cccc(Cl)c2F)CCN1.Cl. The average Bonchev–Trinajstić information content (AvgIpc) is 2.32. The molecule has 0 aromatic heterocycles. The van der Waals surface area contributed by atoms with Gasteiger partial charge in [0.1, 0.15) is 0 Å². The number of piperazine rings is 1. The zero-order valence-corrected chi connectivity index (χ0v) is 11.5.